The van der Waals surface area contributed by atoms with E-state index in [1.807, 2.05) is 0 Å². The number of hydrogen-bond donors (Lipinski definition) is 0. The highest BCUT2D eigenvalue weighted by atomic mass is 32.2. The fourth-order valence-corrected chi connectivity index (χ4v) is 3.69. The third kappa shape index (κ3) is 4.22. The molecule has 0 unspecified atom stereocenters. The van der Waals surface area contributed by atoms with E-state index in [0.717, 1.165) is 5.75 Å². The van der Waals surface area contributed by atoms with Gasteiger partial charge in [0.1, 0.15) is 23.1 Å². The van der Waals surface area contributed by atoms with Crippen molar-refractivity contribution >= 4 is 28.4 Å². The first-order valence-electron chi connectivity index (χ1n) is 8.61. The Hall–Kier alpha value is -2.74. The zero-order chi connectivity index (χ0) is 20.1. The highest BCUT2D eigenvalue weighted by Crippen LogP contribution is 2.35. The minimum absolute atomic E-state index is 0.00346. The lowest BCUT2D eigenvalue weighted by Crippen LogP contribution is -2.34. The van der Waals surface area contributed by atoms with E-state index in [2.05, 4.69) is 4.99 Å². The quantitative estimate of drug-likeness (QED) is 0.657. The molecule has 3 rings (SSSR count). The number of methoxy groups -OCH3 is 3. The van der Waals surface area contributed by atoms with Gasteiger partial charge in [0.25, 0.3) is 0 Å². The smallest absolute Gasteiger partial charge is 0.185 e. The minimum atomic E-state index is -0.622. The van der Waals surface area contributed by atoms with Crippen molar-refractivity contribution in [3.8, 4) is 17.2 Å². The van der Waals surface area contributed by atoms with Gasteiger partial charge in [0.15, 0.2) is 11.0 Å². The summed E-state index contributed by atoms with van der Waals surface area (Å²) in [4.78, 5) is 19.1. The molecule has 0 fully saturated rings. The van der Waals surface area contributed by atoms with Crippen LogP contribution in [0.5, 0.6) is 17.2 Å². The molecule has 0 atom stereocenters. The third-order valence-corrected chi connectivity index (χ3v) is 5.25. The van der Waals surface area contributed by atoms with E-state index < -0.39 is 5.82 Å². The van der Waals surface area contributed by atoms with Gasteiger partial charge < -0.3 is 19.1 Å². The van der Waals surface area contributed by atoms with E-state index in [-0.39, 0.29) is 17.9 Å². The number of ether oxygens (including phenoxy) is 3. The predicted octanol–water partition coefficient (Wildman–Crippen LogP) is 3.64. The summed E-state index contributed by atoms with van der Waals surface area (Å²) in [6.45, 7) is 0.576. The minimum Gasteiger partial charge on any atom is -0.497 e. The molecule has 1 aliphatic rings. The molecule has 28 heavy (non-hydrogen) atoms. The molecule has 0 saturated heterocycles. The van der Waals surface area contributed by atoms with Crippen molar-refractivity contribution in [2.45, 2.75) is 0 Å². The number of carbonyl (C=O) groups is 1. The second-order valence-electron chi connectivity index (χ2n) is 5.91. The monoisotopic (exact) mass is 404 g/mol. The number of ketones is 1. The molecular weight excluding hydrogens is 383 g/mol. The SMILES string of the molecule is COc1ccc(C(=O)CN(C2=NCCS2)c2cc(OC)ccc2OC)c(F)c1. The molecule has 1 aliphatic heterocycles. The summed E-state index contributed by atoms with van der Waals surface area (Å²) >= 11 is 1.54. The fourth-order valence-electron chi connectivity index (χ4n) is 2.83. The van der Waals surface area contributed by atoms with Crippen molar-refractivity contribution < 1.29 is 23.4 Å². The van der Waals surface area contributed by atoms with E-state index in [1.165, 1.54) is 31.0 Å². The molecule has 8 heteroatoms. The molecule has 6 nitrogen and oxygen atoms in total. The number of halogens is 1. The summed E-state index contributed by atoms with van der Waals surface area (Å²) in [5.74, 6) is 1.37. The first-order valence-corrected chi connectivity index (χ1v) is 9.59. The van der Waals surface area contributed by atoms with Crippen LogP contribution in [0.2, 0.25) is 0 Å². The van der Waals surface area contributed by atoms with Crippen LogP contribution in [0.1, 0.15) is 10.4 Å². The van der Waals surface area contributed by atoms with Crippen molar-refractivity contribution in [1.82, 2.24) is 0 Å². The normalized spacial score (nSPS) is 13.1. The van der Waals surface area contributed by atoms with Gasteiger partial charge in [-0.25, -0.2) is 4.39 Å². The lowest BCUT2D eigenvalue weighted by Gasteiger charge is -2.25. The third-order valence-electron chi connectivity index (χ3n) is 4.26. The van der Waals surface area contributed by atoms with Crippen molar-refractivity contribution in [1.29, 1.82) is 0 Å². The molecule has 0 aromatic heterocycles. The van der Waals surface area contributed by atoms with Gasteiger partial charge in [0.05, 0.1) is 45.7 Å². The van der Waals surface area contributed by atoms with Crippen LogP contribution in [-0.2, 0) is 0 Å². The number of Topliss-reactive ketones (excluding diaryl/α,β-unsaturated/α-hetero) is 1. The number of nitrogens with zero attached hydrogens (tertiary/aromatic N) is 2. The van der Waals surface area contributed by atoms with Gasteiger partial charge in [-0.2, -0.15) is 0 Å². The van der Waals surface area contributed by atoms with Gasteiger partial charge in [-0.05, 0) is 24.3 Å². The van der Waals surface area contributed by atoms with E-state index in [1.54, 1.807) is 43.4 Å². The molecule has 148 valence electrons. The van der Waals surface area contributed by atoms with Gasteiger partial charge in [-0.15, -0.1) is 0 Å². The standard InChI is InChI=1S/C20H21FN2O4S/c1-25-13-4-6-15(16(21)10-13)18(24)12-23(20-22-8-9-28-20)17-11-14(26-2)5-7-19(17)27-3/h4-7,10-11H,8-9,12H2,1-3H3. The van der Waals surface area contributed by atoms with Gasteiger partial charge in [-0.3, -0.25) is 9.79 Å². The summed E-state index contributed by atoms with van der Waals surface area (Å²) in [6, 6.07) is 9.51. The second kappa shape index (κ2) is 8.97. The maximum Gasteiger partial charge on any atom is 0.185 e. The van der Waals surface area contributed by atoms with Crippen LogP contribution >= 0.6 is 11.8 Å². The Kier molecular flexibility index (Phi) is 6.41. The zero-order valence-electron chi connectivity index (χ0n) is 15.9. The first-order chi connectivity index (χ1) is 13.6. The van der Waals surface area contributed by atoms with Crippen molar-refractivity contribution in [2.75, 3.05) is 45.1 Å². The molecule has 0 radical (unpaired) electrons. The van der Waals surface area contributed by atoms with Crippen LogP contribution in [-0.4, -0.2) is 51.1 Å². The molecule has 2 aromatic carbocycles. The Morgan fingerprint density at radius 2 is 1.82 bits per heavy atom. The number of aliphatic imine (C=N–C) groups is 1. The average molecular weight is 404 g/mol. The lowest BCUT2D eigenvalue weighted by molar-refractivity contribution is 0.0998. The van der Waals surface area contributed by atoms with Crippen LogP contribution in [0.25, 0.3) is 0 Å². The van der Waals surface area contributed by atoms with Crippen molar-refractivity contribution in [2.24, 2.45) is 4.99 Å². The lowest BCUT2D eigenvalue weighted by atomic mass is 10.1. The second-order valence-corrected chi connectivity index (χ2v) is 6.97. The van der Waals surface area contributed by atoms with Crippen LogP contribution in [0, 0.1) is 5.82 Å². The van der Waals surface area contributed by atoms with Gasteiger partial charge in [0.2, 0.25) is 0 Å². The van der Waals surface area contributed by atoms with Crippen LogP contribution in [0.3, 0.4) is 0 Å². The maximum absolute atomic E-state index is 14.4. The van der Waals surface area contributed by atoms with Crippen LogP contribution in [0.4, 0.5) is 10.1 Å². The molecule has 2 aromatic rings. The number of thioether (sulfide) groups is 1. The Morgan fingerprint density at radius 1 is 1.11 bits per heavy atom. The number of hydrogen-bond acceptors (Lipinski definition) is 7. The van der Waals surface area contributed by atoms with Gasteiger partial charge in [-0.1, -0.05) is 11.8 Å². The largest absolute Gasteiger partial charge is 0.497 e. The average Bonchev–Trinajstić information content (AvgIpc) is 3.25. The number of rotatable bonds is 7. The highest BCUT2D eigenvalue weighted by molar-refractivity contribution is 8.14. The summed E-state index contributed by atoms with van der Waals surface area (Å²) in [5, 5.41) is 0.689. The molecule has 0 aliphatic carbocycles. The number of anilines is 1. The predicted molar refractivity (Wildman–Crippen MR) is 109 cm³/mol. The summed E-state index contributed by atoms with van der Waals surface area (Å²) in [7, 11) is 4.57. The molecule has 0 amide bonds. The Bertz CT molecular complexity index is 904. The topological polar surface area (TPSA) is 60.4 Å². The maximum atomic E-state index is 14.4. The van der Waals surface area contributed by atoms with Gasteiger partial charge in [0, 0.05) is 17.9 Å². The molecule has 1 heterocycles. The van der Waals surface area contributed by atoms with E-state index in [9.17, 15) is 9.18 Å². The Balaban J connectivity index is 1.97. The van der Waals surface area contributed by atoms with Gasteiger partial charge >= 0.3 is 0 Å². The first kappa shape index (κ1) is 20.0. The molecular formula is C20H21FN2O4S. The number of carbonyl (C=O) groups excluding carboxylic acids is 1. The van der Waals surface area contributed by atoms with Crippen LogP contribution in [0.15, 0.2) is 41.4 Å². The van der Waals surface area contributed by atoms with E-state index in [4.69, 9.17) is 14.2 Å². The highest BCUT2D eigenvalue weighted by Gasteiger charge is 2.25. The Labute approximate surface area is 167 Å². The zero-order valence-corrected chi connectivity index (χ0v) is 16.7. The molecule has 0 spiro atoms. The van der Waals surface area contributed by atoms with E-state index in [0.29, 0.717) is 34.6 Å². The van der Waals surface area contributed by atoms with Crippen molar-refractivity contribution in [3.63, 3.8) is 0 Å². The number of amidine groups is 1. The van der Waals surface area contributed by atoms with Crippen molar-refractivity contribution in [3.05, 3.63) is 47.8 Å². The summed E-state index contributed by atoms with van der Waals surface area (Å²) in [6.07, 6.45) is 0. The summed E-state index contributed by atoms with van der Waals surface area (Å²) in [5.41, 5.74) is 0.633. The number of benzene rings is 2. The molecule has 0 saturated carbocycles. The summed E-state index contributed by atoms with van der Waals surface area (Å²) < 4.78 is 30.2. The Morgan fingerprint density at radius 3 is 2.43 bits per heavy atom. The fraction of sp³-hybridized carbons (Fsp3) is 0.300. The molecule has 0 bridgehead atoms. The van der Waals surface area contributed by atoms with Crippen LogP contribution < -0.4 is 19.1 Å². The molecule has 0 N–H and O–H groups in total. The van der Waals surface area contributed by atoms with E-state index >= 15 is 0 Å².